The Bertz CT molecular complexity index is 686. The molecule has 0 spiro atoms. The maximum atomic E-state index is 12.4. The van der Waals surface area contributed by atoms with Gasteiger partial charge >= 0.3 is 5.97 Å². The molecule has 0 amide bonds. The fourth-order valence-electron chi connectivity index (χ4n) is 2.41. The number of carbonyl (C=O) groups excluding carboxylic acids is 2. The molecule has 120 valence electrons. The van der Waals surface area contributed by atoms with E-state index >= 15 is 0 Å². The van der Waals surface area contributed by atoms with Crippen LogP contribution in [0.5, 0.6) is 0 Å². The van der Waals surface area contributed by atoms with E-state index in [2.05, 4.69) is 6.92 Å². The van der Waals surface area contributed by atoms with Gasteiger partial charge in [-0.25, -0.2) is 4.79 Å². The number of esters is 1. The molecule has 1 atom stereocenters. The van der Waals surface area contributed by atoms with Crippen LogP contribution in [0.15, 0.2) is 48.5 Å². The van der Waals surface area contributed by atoms with Crippen LogP contribution in [0.1, 0.15) is 52.1 Å². The third-order valence-electron chi connectivity index (χ3n) is 3.68. The molecule has 0 heterocycles. The predicted molar refractivity (Wildman–Crippen MR) is 90.8 cm³/mol. The van der Waals surface area contributed by atoms with E-state index in [1.165, 1.54) is 5.56 Å². The minimum Gasteiger partial charge on any atom is -0.451 e. The molecule has 0 aliphatic heterocycles. The molecule has 0 saturated carbocycles. The number of aryl methyl sites for hydroxylation is 2. The third-order valence-corrected chi connectivity index (χ3v) is 3.68. The Hall–Kier alpha value is -2.42. The molecule has 2 rings (SSSR count). The second-order valence-electron chi connectivity index (χ2n) is 5.73. The van der Waals surface area contributed by atoms with Gasteiger partial charge in [-0.15, -0.1) is 0 Å². The van der Waals surface area contributed by atoms with Crippen molar-refractivity contribution in [2.24, 2.45) is 0 Å². The first-order valence-electron chi connectivity index (χ1n) is 7.92. The molecule has 0 N–H and O–H groups in total. The lowest BCUT2D eigenvalue weighted by atomic mass is 10.0. The summed E-state index contributed by atoms with van der Waals surface area (Å²) in [6.07, 6.45) is 1.25. The van der Waals surface area contributed by atoms with Crippen molar-refractivity contribution in [3.05, 3.63) is 70.8 Å². The van der Waals surface area contributed by atoms with E-state index in [9.17, 15) is 9.59 Å². The van der Waals surface area contributed by atoms with Gasteiger partial charge in [0.1, 0.15) is 0 Å². The van der Waals surface area contributed by atoms with Crippen molar-refractivity contribution in [3.63, 3.8) is 0 Å². The summed E-state index contributed by atoms with van der Waals surface area (Å²) >= 11 is 0. The number of carbonyl (C=O) groups is 2. The van der Waals surface area contributed by atoms with Gasteiger partial charge in [0.15, 0.2) is 6.10 Å². The number of Topliss-reactive ketones (excluding diaryl/α,β-unsaturated/α-hetero) is 1. The van der Waals surface area contributed by atoms with E-state index in [0.717, 1.165) is 18.4 Å². The predicted octanol–water partition coefficient (Wildman–Crippen LogP) is 4.38. The summed E-state index contributed by atoms with van der Waals surface area (Å²) in [5.41, 5.74) is 3.20. The van der Waals surface area contributed by atoms with Gasteiger partial charge in [-0.3, -0.25) is 4.79 Å². The summed E-state index contributed by atoms with van der Waals surface area (Å²) in [7, 11) is 0. The summed E-state index contributed by atoms with van der Waals surface area (Å²) in [5.74, 6) is -0.661. The number of ketones is 1. The maximum Gasteiger partial charge on any atom is 0.338 e. The van der Waals surface area contributed by atoms with Gasteiger partial charge in [0.25, 0.3) is 0 Å². The first-order valence-corrected chi connectivity index (χ1v) is 7.92. The fraction of sp³-hybridized carbons (Fsp3) is 0.300. The molecule has 2 aromatic rings. The average Bonchev–Trinajstić information content (AvgIpc) is 2.55. The molecule has 0 saturated heterocycles. The lowest BCUT2D eigenvalue weighted by Gasteiger charge is -2.13. The lowest BCUT2D eigenvalue weighted by Crippen LogP contribution is -2.24. The zero-order valence-corrected chi connectivity index (χ0v) is 13.8. The van der Waals surface area contributed by atoms with Gasteiger partial charge in [-0.05, 0) is 38.0 Å². The Labute approximate surface area is 137 Å². The Balaban J connectivity index is 2.03. The molecule has 0 aliphatic carbocycles. The van der Waals surface area contributed by atoms with Crippen molar-refractivity contribution in [2.45, 2.75) is 39.7 Å². The van der Waals surface area contributed by atoms with Crippen LogP contribution < -0.4 is 0 Å². The van der Waals surface area contributed by atoms with Crippen LogP contribution in [0.2, 0.25) is 0 Å². The van der Waals surface area contributed by atoms with Crippen molar-refractivity contribution in [3.8, 4) is 0 Å². The van der Waals surface area contributed by atoms with Crippen molar-refractivity contribution in [1.29, 1.82) is 0 Å². The molecule has 3 heteroatoms. The minimum absolute atomic E-state index is 0.186. The molecule has 0 radical (unpaired) electrons. The number of benzene rings is 2. The van der Waals surface area contributed by atoms with Crippen LogP contribution >= 0.6 is 0 Å². The Morgan fingerprint density at radius 2 is 1.74 bits per heavy atom. The zero-order valence-electron chi connectivity index (χ0n) is 13.8. The van der Waals surface area contributed by atoms with E-state index in [1.54, 1.807) is 37.3 Å². The van der Waals surface area contributed by atoms with Crippen molar-refractivity contribution in [1.82, 2.24) is 0 Å². The zero-order chi connectivity index (χ0) is 16.8. The Kier molecular flexibility index (Phi) is 5.69. The number of rotatable bonds is 6. The monoisotopic (exact) mass is 310 g/mol. The third kappa shape index (κ3) is 4.52. The summed E-state index contributed by atoms with van der Waals surface area (Å²) < 4.78 is 5.30. The summed E-state index contributed by atoms with van der Waals surface area (Å²) in [5, 5.41) is 0. The van der Waals surface area contributed by atoms with E-state index < -0.39 is 12.1 Å². The van der Waals surface area contributed by atoms with Crippen molar-refractivity contribution in [2.75, 3.05) is 0 Å². The fourth-order valence-corrected chi connectivity index (χ4v) is 2.41. The molecular formula is C20H22O3. The lowest BCUT2D eigenvalue weighted by molar-refractivity contribution is 0.0318. The van der Waals surface area contributed by atoms with Crippen molar-refractivity contribution >= 4 is 11.8 Å². The normalized spacial score (nSPS) is 11.8. The standard InChI is InChI=1S/C20H22O3/c1-4-6-16-9-11-17(12-10-16)19(21)15(3)23-20(22)18-8-5-7-14(2)13-18/h5,7-13,15H,4,6H2,1-3H3. The minimum atomic E-state index is -0.806. The highest BCUT2D eigenvalue weighted by Gasteiger charge is 2.20. The molecule has 0 aromatic heterocycles. The van der Waals surface area contributed by atoms with Crippen LogP contribution in [0.25, 0.3) is 0 Å². The molecule has 3 nitrogen and oxygen atoms in total. The Morgan fingerprint density at radius 1 is 1.04 bits per heavy atom. The van der Waals surface area contributed by atoms with Crippen LogP contribution in [-0.4, -0.2) is 17.9 Å². The molecule has 0 aliphatic rings. The molecule has 0 bridgehead atoms. The van der Waals surface area contributed by atoms with E-state index in [0.29, 0.717) is 11.1 Å². The number of hydrogen-bond acceptors (Lipinski definition) is 3. The van der Waals surface area contributed by atoms with Crippen LogP contribution in [0, 0.1) is 6.92 Å². The molecule has 2 aromatic carbocycles. The second-order valence-corrected chi connectivity index (χ2v) is 5.73. The topological polar surface area (TPSA) is 43.4 Å². The van der Waals surface area contributed by atoms with Crippen LogP contribution in [0.4, 0.5) is 0 Å². The van der Waals surface area contributed by atoms with E-state index in [1.807, 2.05) is 25.1 Å². The van der Waals surface area contributed by atoms with Gasteiger partial charge in [0.05, 0.1) is 5.56 Å². The van der Waals surface area contributed by atoms with E-state index in [-0.39, 0.29) is 5.78 Å². The maximum absolute atomic E-state index is 12.4. The highest BCUT2D eigenvalue weighted by Crippen LogP contribution is 2.13. The average molecular weight is 310 g/mol. The quantitative estimate of drug-likeness (QED) is 0.587. The molecule has 1 unspecified atom stereocenters. The second kappa shape index (κ2) is 7.73. The number of hydrogen-bond donors (Lipinski definition) is 0. The van der Waals surface area contributed by atoms with Gasteiger partial charge in [-0.1, -0.05) is 55.3 Å². The highest BCUT2D eigenvalue weighted by molar-refractivity contribution is 6.01. The van der Waals surface area contributed by atoms with E-state index in [4.69, 9.17) is 4.74 Å². The van der Waals surface area contributed by atoms with Crippen LogP contribution in [0.3, 0.4) is 0 Å². The van der Waals surface area contributed by atoms with Crippen molar-refractivity contribution < 1.29 is 14.3 Å². The highest BCUT2D eigenvalue weighted by atomic mass is 16.5. The molecular weight excluding hydrogens is 288 g/mol. The van der Waals surface area contributed by atoms with Gasteiger partial charge < -0.3 is 4.74 Å². The summed E-state index contributed by atoms with van der Waals surface area (Å²) in [4.78, 5) is 24.5. The van der Waals surface area contributed by atoms with Crippen LogP contribution in [-0.2, 0) is 11.2 Å². The SMILES string of the molecule is CCCc1ccc(C(=O)C(C)OC(=O)c2cccc(C)c2)cc1. The molecule has 0 fully saturated rings. The largest absolute Gasteiger partial charge is 0.451 e. The Morgan fingerprint density at radius 3 is 2.35 bits per heavy atom. The molecule has 23 heavy (non-hydrogen) atoms. The smallest absolute Gasteiger partial charge is 0.338 e. The summed E-state index contributed by atoms with van der Waals surface area (Å²) in [6.45, 7) is 5.63. The first kappa shape index (κ1) is 16.9. The first-order chi connectivity index (χ1) is 11.0. The van der Waals surface area contributed by atoms with Gasteiger partial charge in [0, 0.05) is 5.56 Å². The summed E-state index contributed by atoms with van der Waals surface area (Å²) in [6, 6.07) is 14.6. The number of ether oxygens (including phenoxy) is 1. The van der Waals surface area contributed by atoms with Gasteiger partial charge in [-0.2, -0.15) is 0 Å². The van der Waals surface area contributed by atoms with Gasteiger partial charge in [0.2, 0.25) is 5.78 Å².